The molecule has 0 aliphatic heterocycles. The molecule has 4 heteroatoms. The summed E-state index contributed by atoms with van der Waals surface area (Å²) in [6.07, 6.45) is 0. The Kier molecular flexibility index (Phi) is 4.92. The predicted octanol–water partition coefficient (Wildman–Crippen LogP) is 2.61. The highest BCUT2D eigenvalue weighted by Crippen LogP contribution is 2.31. The second kappa shape index (κ2) is 5.80. The van der Waals surface area contributed by atoms with E-state index >= 15 is 0 Å². The van der Waals surface area contributed by atoms with E-state index in [-0.39, 0.29) is 11.2 Å². The first-order valence-electron chi connectivity index (χ1n) is 5.75. The zero-order valence-electron chi connectivity index (χ0n) is 10.6. The van der Waals surface area contributed by atoms with Gasteiger partial charge in [0.25, 0.3) is 0 Å². The molecule has 0 aromatic heterocycles. The summed E-state index contributed by atoms with van der Waals surface area (Å²) in [4.78, 5) is 0. The topological polar surface area (TPSA) is 38.0 Å². The molecule has 0 amide bonds. The summed E-state index contributed by atoms with van der Waals surface area (Å²) < 4.78 is 13.6. The van der Waals surface area contributed by atoms with Gasteiger partial charge in [-0.15, -0.1) is 0 Å². The summed E-state index contributed by atoms with van der Waals surface area (Å²) in [7, 11) is 0. The van der Waals surface area contributed by atoms with E-state index in [1.807, 2.05) is 13.8 Å². The minimum atomic E-state index is -0.221. The van der Waals surface area contributed by atoms with Gasteiger partial charge in [-0.1, -0.05) is 25.4 Å². The monoisotopic (exact) mass is 258 g/mol. The maximum atomic E-state index is 13.6. The van der Waals surface area contributed by atoms with Crippen molar-refractivity contribution in [3.63, 3.8) is 0 Å². The van der Waals surface area contributed by atoms with Crippen LogP contribution in [0.15, 0.2) is 12.1 Å². The number of aryl methyl sites for hydroxylation is 1. The largest absolute Gasteiger partial charge is 0.329 e. The molecule has 1 rings (SSSR count). The second-order valence-electron chi connectivity index (χ2n) is 4.93. The smallest absolute Gasteiger partial charge is 0.126 e. The van der Waals surface area contributed by atoms with Crippen molar-refractivity contribution in [1.29, 1.82) is 0 Å². The molecule has 96 valence electrons. The van der Waals surface area contributed by atoms with Crippen molar-refractivity contribution in [3.05, 3.63) is 34.1 Å². The third kappa shape index (κ3) is 3.66. The maximum Gasteiger partial charge on any atom is 0.126 e. The third-order valence-electron chi connectivity index (χ3n) is 2.87. The van der Waals surface area contributed by atoms with Crippen LogP contribution >= 0.6 is 11.6 Å². The van der Waals surface area contributed by atoms with Gasteiger partial charge in [-0.05, 0) is 30.2 Å². The van der Waals surface area contributed by atoms with E-state index in [0.29, 0.717) is 23.7 Å². The Bertz CT molecular complexity index is 391. The van der Waals surface area contributed by atoms with Crippen LogP contribution in [0.25, 0.3) is 0 Å². The molecule has 0 fully saturated rings. The molecule has 0 atom stereocenters. The van der Waals surface area contributed by atoms with Crippen molar-refractivity contribution >= 4 is 11.6 Å². The molecule has 0 aliphatic rings. The zero-order chi connectivity index (χ0) is 13.1. The molecule has 0 saturated heterocycles. The van der Waals surface area contributed by atoms with Gasteiger partial charge in [0.05, 0.1) is 0 Å². The quantitative estimate of drug-likeness (QED) is 0.797. The summed E-state index contributed by atoms with van der Waals surface area (Å²) in [5.41, 5.74) is 6.60. The van der Waals surface area contributed by atoms with Crippen molar-refractivity contribution in [1.82, 2.24) is 5.32 Å². The lowest BCUT2D eigenvalue weighted by Gasteiger charge is -2.27. The van der Waals surface area contributed by atoms with E-state index in [1.54, 1.807) is 13.0 Å². The lowest BCUT2D eigenvalue weighted by atomic mass is 9.84. The minimum absolute atomic E-state index is 0.212. The van der Waals surface area contributed by atoms with Crippen LogP contribution in [0.4, 0.5) is 4.39 Å². The number of halogens is 2. The molecule has 0 unspecified atom stereocenters. The third-order valence-corrected chi connectivity index (χ3v) is 3.18. The van der Waals surface area contributed by atoms with E-state index < -0.39 is 0 Å². The first-order valence-corrected chi connectivity index (χ1v) is 6.13. The Morgan fingerprint density at radius 2 is 2.06 bits per heavy atom. The minimum Gasteiger partial charge on any atom is -0.329 e. The zero-order valence-corrected chi connectivity index (χ0v) is 11.4. The van der Waals surface area contributed by atoms with Crippen molar-refractivity contribution in [2.45, 2.75) is 26.2 Å². The number of nitrogens with two attached hydrogens (primary N) is 1. The number of hydrogen-bond acceptors (Lipinski definition) is 2. The van der Waals surface area contributed by atoms with E-state index in [4.69, 9.17) is 17.3 Å². The summed E-state index contributed by atoms with van der Waals surface area (Å²) in [6.45, 7) is 7.83. The summed E-state index contributed by atoms with van der Waals surface area (Å²) in [5, 5.41) is 3.84. The molecule has 0 spiro atoms. The van der Waals surface area contributed by atoms with Crippen molar-refractivity contribution in [2.75, 3.05) is 19.6 Å². The average molecular weight is 259 g/mol. The van der Waals surface area contributed by atoms with Crippen LogP contribution < -0.4 is 11.1 Å². The van der Waals surface area contributed by atoms with Crippen LogP contribution in [0, 0.1) is 12.7 Å². The van der Waals surface area contributed by atoms with Crippen molar-refractivity contribution in [2.24, 2.45) is 5.73 Å². The highest BCUT2D eigenvalue weighted by Gasteiger charge is 2.24. The van der Waals surface area contributed by atoms with Gasteiger partial charge in [0.1, 0.15) is 5.82 Å². The molecular weight excluding hydrogens is 239 g/mol. The molecule has 0 heterocycles. The predicted molar refractivity (Wildman–Crippen MR) is 71.1 cm³/mol. The number of nitrogens with one attached hydrogen (secondary N) is 1. The highest BCUT2D eigenvalue weighted by molar-refractivity contribution is 6.31. The van der Waals surface area contributed by atoms with Gasteiger partial charge in [-0.3, -0.25) is 0 Å². The van der Waals surface area contributed by atoms with Gasteiger partial charge in [-0.25, -0.2) is 4.39 Å². The Balaban J connectivity index is 2.93. The fourth-order valence-corrected chi connectivity index (χ4v) is 2.24. The van der Waals surface area contributed by atoms with Gasteiger partial charge in [0, 0.05) is 30.1 Å². The average Bonchev–Trinajstić information content (AvgIpc) is 2.23. The normalized spacial score (nSPS) is 11.9. The van der Waals surface area contributed by atoms with Gasteiger partial charge in [-0.2, -0.15) is 0 Å². The fourth-order valence-electron chi connectivity index (χ4n) is 1.76. The second-order valence-corrected chi connectivity index (χ2v) is 5.34. The van der Waals surface area contributed by atoms with E-state index in [1.165, 1.54) is 6.07 Å². The molecule has 0 aliphatic carbocycles. The first-order chi connectivity index (χ1) is 7.88. The molecule has 0 saturated carbocycles. The lowest BCUT2D eigenvalue weighted by Crippen LogP contribution is -2.35. The number of rotatable bonds is 5. The molecule has 2 nitrogen and oxygen atoms in total. The lowest BCUT2D eigenvalue weighted by molar-refractivity contribution is 0.469. The van der Waals surface area contributed by atoms with Gasteiger partial charge in [0.2, 0.25) is 0 Å². The SMILES string of the molecule is Cc1cc(Cl)c(C(C)(C)CNCCN)cc1F. The number of hydrogen-bond donors (Lipinski definition) is 2. The summed E-state index contributed by atoms with van der Waals surface area (Å²) >= 11 is 6.18. The van der Waals surface area contributed by atoms with Gasteiger partial charge >= 0.3 is 0 Å². The van der Waals surface area contributed by atoms with Crippen molar-refractivity contribution < 1.29 is 4.39 Å². The Morgan fingerprint density at radius 3 is 2.65 bits per heavy atom. The Morgan fingerprint density at radius 1 is 1.41 bits per heavy atom. The molecular formula is C13H20ClFN2. The van der Waals surface area contributed by atoms with E-state index in [0.717, 1.165) is 12.1 Å². The molecule has 1 aromatic rings. The van der Waals surface area contributed by atoms with Gasteiger partial charge < -0.3 is 11.1 Å². The summed E-state index contributed by atoms with van der Waals surface area (Å²) in [6, 6.07) is 3.21. The van der Waals surface area contributed by atoms with Crippen LogP contribution in [0.5, 0.6) is 0 Å². The fraction of sp³-hybridized carbons (Fsp3) is 0.538. The standard InChI is InChI=1S/C13H20ClFN2/c1-9-6-11(14)10(7-12(9)15)13(2,3)8-17-5-4-16/h6-7,17H,4-5,8,16H2,1-3H3. The molecule has 0 radical (unpaired) electrons. The Hall–Kier alpha value is -0.640. The van der Waals surface area contributed by atoms with Crippen LogP contribution in [0.2, 0.25) is 5.02 Å². The molecule has 3 N–H and O–H groups in total. The van der Waals surface area contributed by atoms with Crippen LogP contribution in [-0.2, 0) is 5.41 Å². The van der Waals surface area contributed by atoms with Gasteiger partial charge in [0.15, 0.2) is 0 Å². The molecule has 1 aromatic carbocycles. The molecule has 17 heavy (non-hydrogen) atoms. The highest BCUT2D eigenvalue weighted by atomic mass is 35.5. The van der Waals surface area contributed by atoms with E-state index in [9.17, 15) is 4.39 Å². The van der Waals surface area contributed by atoms with Crippen LogP contribution in [0.3, 0.4) is 0 Å². The summed E-state index contributed by atoms with van der Waals surface area (Å²) in [5.74, 6) is -0.212. The van der Waals surface area contributed by atoms with Crippen LogP contribution in [-0.4, -0.2) is 19.6 Å². The Labute approximate surface area is 107 Å². The number of benzene rings is 1. The molecule has 0 bridgehead atoms. The van der Waals surface area contributed by atoms with Crippen LogP contribution in [0.1, 0.15) is 25.0 Å². The first kappa shape index (κ1) is 14.4. The maximum absolute atomic E-state index is 13.6. The van der Waals surface area contributed by atoms with Crippen molar-refractivity contribution in [3.8, 4) is 0 Å². The van der Waals surface area contributed by atoms with E-state index in [2.05, 4.69) is 5.32 Å².